The van der Waals surface area contributed by atoms with Crippen LogP contribution in [0.25, 0.3) is 0 Å². The number of esters is 1. The molecule has 17 heavy (non-hydrogen) atoms. The molecule has 0 unspecified atom stereocenters. The van der Waals surface area contributed by atoms with Gasteiger partial charge in [-0.3, -0.25) is 9.59 Å². The van der Waals surface area contributed by atoms with Crippen molar-refractivity contribution < 1.29 is 14.3 Å². The van der Waals surface area contributed by atoms with Gasteiger partial charge < -0.3 is 10.1 Å². The first-order valence-electron chi connectivity index (χ1n) is 4.94. The Hall–Kier alpha value is -1.62. The largest absolute Gasteiger partial charge is 0.460 e. The Morgan fingerprint density at radius 1 is 1.47 bits per heavy atom. The van der Waals surface area contributed by atoms with Gasteiger partial charge in [-0.1, -0.05) is 34.7 Å². The number of carbonyl (C=O) groups excluding carboxylic acids is 2. The standard InChI is InChI=1S/C12H12BrNO3/c1-2-6-17-11(15)8-14-12(16)9-4-3-5-10(13)7-9/h2-5,7H,1,6,8H2,(H,14,16). The summed E-state index contributed by atoms with van der Waals surface area (Å²) in [6.45, 7) is 3.41. The zero-order valence-corrected chi connectivity index (χ0v) is 10.7. The highest BCUT2D eigenvalue weighted by Crippen LogP contribution is 2.11. The monoisotopic (exact) mass is 297 g/mol. The van der Waals surface area contributed by atoms with Crippen molar-refractivity contribution in [2.45, 2.75) is 0 Å². The van der Waals surface area contributed by atoms with Crippen molar-refractivity contribution in [1.29, 1.82) is 0 Å². The van der Waals surface area contributed by atoms with E-state index in [2.05, 4.69) is 27.8 Å². The van der Waals surface area contributed by atoms with Gasteiger partial charge in [0.2, 0.25) is 0 Å². The van der Waals surface area contributed by atoms with E-state index >= 15 is 0 Å². The third-order valence-electron chi connectivity index (χ3n) is 1.84. The Kier molecular flexibility index (Phi) is 5.42. The lowest BCUT2D eigenvalue weighted by atomic mass is 10.2. The predicted octanol–water partition coefficient (Wildman–Crippen LogP) is 1.91. The maximum Gasteiger partial charge on any atom is 0.325 e. The minimum absolute atomic E-state index is 0.144. The first-order valence-corrected chi connectivity index (χ1v) is 5.73. The van der Waals surface area contributed by atoms with E-state index in [1.807, 2.05) is 6.07 Å². The highest BCUT2D eigenvalue weighted by molar-refractivity contribution is 9.10. The number of carbonyl (C=O) groups is 2. The molecule has 0 aromatic heterocycles. The SMILES string of the molecule is C=CCOC(=O)CNC(=O)c1cccc(Br)c1. The molecule has 1 aromatic rings. The number of rotatable bonds is 5. The molecule has 5 heteroatoms. The van der Waals surface area contributed by atoms with Crippen LogP contribution in [0.4, 0.5) is 0 Å². The van der Waals surface area contributed by atoms with Gasteiger partial charge in [0.05, 0.1) is 0 Å². The van der Waals surface area contributed by atoms with Crippen LogP contribution in [0.3, 0.4) is 0 Å². The zero-order valence-electron chi connectivity index (χ0n) is 9.11. The quantitative estimate of drug-likeness (QED) is 0.667. The fraction of sp³-hybridized carbons (Fsp3) is 0.167. The predicted molar refractivity (Wildman–Crippen MR) is 67.6 cm³/mol. The van der Waals surface area contributed by atoms with E-state index in [0.29, 0.717) is 5.56 Å². The van der Waals surface area contributed by atoms with Gasteiger partial charge >= 0.3 is 5.97 Å². The van der Waals surface area contributed by atoms with E-state index in [4.69, 9.17) is 4.74 Å². The zero-order chi connectivity index (χ0) is 12.7. The molecule has 0 bridgehead atoms. The Balaban J connectivity index is 2.45. The van der Waals surface area contributed by atoms with Crippen molar-refractivity contribution >= 4 is 27.8 Å². The van der Waals surface area contributed by atoms with Gasteiger partial charge in [0.15, 0.2) is 0 Å². The molecule has 0 saturated heterocycles. The summed E-state index contributed by atoms with van der Waals surface area (Å²) in [6.07, 6.45) is 1.47. The molecule has 0 fully saturated rings. The van der Waals surface area contributed by atoms with E-state index in [-0.39, 0.29) is 19.1 Å². The highest BCUT2D eigenvalue weighted by atomic mass is 79.9. The average Bonchev–Trinajstić information content (AvgIpc) is 2.33. The topological polar surface area (TPSA) is 55.4 Å². The molecule has 1 N–H and O–H groups in total. The lowest BCUT2D eigenvalue weighted by molar-refractivity contribution is -0.141. The van der Waals surface area contributed by atoms with Crippen molar-refractivity contribution in [3.8, 4) is 0 Å². The summed E-state index contributed by atoms with van der Waals surface area (Å²) in [7, 11) is 0. The third-order valence-corrected chi connectivity index (χ3v) is 2.34. The minimum atomic E-state index is -0.492. The minimum Gasteiger partial charge on any atom is -0.460 e. The Labute approximate surface area is 108 Å². The Morgan fingerprint density at radius 3 is 2.88 bits per heavy atom. The van der Waals surface area contributed by atoms with Crippen LogP contribution in [-0.2, 0) is 9.53 Å². The van der Waals surface area contributed by atoms with Crippen molar-refractivity contribution in [2.75, 3.05) is 13.2 Å². The van der Waals surface area contributed by atoms with E-state index in [9.17, 15) is 9.59 Å². The summed E-state index contributed by atoms with van der Waals surface area (Å²) in [6, 6.07) is 6.89. The molecule has 1 aromatic carbocycles. The lowest BCUT2D eigenvalue weighted by Crippen LogP contribution is -2.30. The molecule has 90 valence electrons. The number of halogens is 1. The van der Waals surface area contributed by atoms with Crippen molar-refractivity contribution in [3.05, 3.63) is 47.0 Å². The second kappa shape index (κ2) is 6.85. The summed E-state index contributed by atoms with van der Waals surface area (Å²) >= 11 is 3.26. The van der Waals surface area contributed by atoms with E-state index < -0.39 is 5.97 Å². The molecule has 0 saturated carbocycles. The molecule has 0 aliphatic heterocycles. The summed E-state index contributed by atoms with van der Waals surface area (Å²) in [5.41, 5.74) is 0.482. The fourth-order valence-corrected chi connectivity index (χ4v) is 1.49. The van der Waals surface area contributed by atoms with Crippen molar-refractivity contribution in [1.82, 2.24) is 5.32 Å². The smallest absolute Gasteiger partial charge is 0.325 e. The summed E-state index contributed by atoms with van der Waals surface area (Å²) in [5, 5.41) is 2.47. The van der Waals surface area contributed by atoms with Crippen LogP contribution >= 0.6 is 15.9 Å². The number of ether oxygens (including phenoxy) is 1. The van der Waals surface area contributed by atoms with Crippen LogP contribution in [0.5, 0.6) is 0 Å². The number of hydrogen-bond acceptors (Lipinski definition) is 3. The molecular formula is C12H12BrNO3. The molecule has 0 aliphatic rings. The van der Waals surface area contributed by atoms with Crippen LogP contribution < -0.4 is 5.32 Å². The van der Waals surface area contributed by atoms with E-state index in [0.717, 1.165) is 4.47 Å². The van der Waals surface area contributed by atoms with Gasteiger partial charge in [0, 0.05) is 10.0 Å². The third kappa shape index (κ3) is 4.82. The number of benzene rings is 1. The van der Waals surface area contributed by atoms with Crippen LogP contribution in [0.15, 0.2) is 41.4 Å². The lowest BCUT2D eigenvalue weighted by Gasteiger charge is -2.05. The number of hydrogen-bond donors (Lipinski definition) is 1. The van der Waals surface area contributed by atoms with Crippen LogP contribution in [0.2, 0.25) is 0 Å². The van der Waals surface area contributed by atoms with E-state index in [1.165, 1.54) is 6.08 Å². The van der Waals surface area contributed by atoms with Crippen LogP contribution in [-0.4, -0.2) is 25.0 Å². The van der Waals surface area contributed by atoms with Crippen LogP contribution in [0.1, 0.15) is 10.4 Å². The summed E-state index contributed by atoms with van der Waals surface area (Å²) < 4.78 is 5.53. The fourth-order valence-electron chi connectivity index (χ4n) is 1.09. The molecule has 4 nitrogen and oxygen atoms in total. The van der Waals surface area contributed by atoms with Crippen molar-refractivity contribution in [2.24, 2.45) is 0 Å². The van der Waals surface area contributed by atoms with Crippen LogP contribution in [0, 0.1) is 0 Å². The first-order chi connectivity index (χ1) is 8.13. The molecule has 1 rings (SSSR count). The first kappa shape index (κ1) is 13.4. The average molecular weight is 298 g/mol. The maximum atomic E-state index is 11.6. The Morgan fingerprint density at radius 2 is 2.24 bits per heavy atom. The maximum absolute atomic E-state index is 11.6. The van der Waals surface area contributed by atoms with E-state index in [1.54, 1.807) is 18.2 Å². The second-order valence-corrected chi connectivity index (χ2v) is 4.08. The Bertz CT molecular complexity index is 432. The van der Waals surface area contributed by atoms with Gasteiger partial charge in [-0.25, -0.2) is 0 Å². The molecular weight excluding hydrogens is 286 g/mol. The molecule has 0 heterocycles. The summed E-state index contributed by atoms with van der Waals surface area (Å²) in [4.78, 5) is 22.7. The molecule has 0 spiro atoms. The molecule has 0 aliphatic carbocycles. The number of amides is 1. The van der Waals surface area contributed by atoms with Gasteiger partial charge in [-0.05, 0) is 18.2 Å². The normalized spacial score (nSPS) is 9.47. The highest BCUT2D eigenvalue weighted by Gasteiger charge is 2.08. The van der Waals surface area contributed by atoms with Gasteiger partial charge in [0.25, 0.3) is 5.91 Å². The molecule has 0 atom stereocenters. The van der Waals surface area contributed by atoms with Gasteiger partial charge in [-0.2, -0.15) is 0 Å². The second-order valence-electron chi connectivity index (χ2n) is 3.16. The van der Waals surface area contributed by atoms with Crippen molar-refractivity contribution in [3.63, 3.8) is 0 Å². The van der Waals surface area contributed by atoms with Gasteiger partial charge in [-0.15, -0.1) is 0 Å². The number of nitrogens with one attached hydrogen (secondary N) is 1. The molecule has 0 radical (unpaired) electrons. The summed E-state index contributed by atoms with van der Waals surface area (Å²) in [5.74, 6) is -0.810. The van der Waals surface area contributed by atoms with Gasteiger partial charge in [0.1, 0.15) is 13.2 Å². The molecule has 1 amide bonds.